The number of carbonyl (C=O) groups is 1. The van der Waals surface area contributed by atoms with Gasteiger partial charge < -0.3 is 10.8 Å². The lowest BCUT2D eigenvalue weighted by molar-refractivity contribution is 0.0696. The van der Waals surface area contributed by atoms with Gasteiger partial charge >= 0.3 is 5.97 Å². The number of hydrogen-bond donors (Lipinski definition) is 2. The standard InChI is InChI=1S/C8H8ClNO4S.C4H10/c1-15(13,14)6-3-4(8(11)12)2-5(9)7(6)10;1-3-4-2/h2-3H,10H2,1H3,(H,11,12);3-4H2,1-2H3. The molecule has 108 valence electrons. The number of sulfone groups is 1. The summed E-state index contributed by atoms with van der Waals surface area (Å²) in [6.07, 6.45) is 3.57. The SMILES string of the molecule is CCCC.CS(=O)(=O)c1cc(C(=O)O)cc(Cl)c1N. The summed E-state index contributed by atoms with van der Waals surface area (Å²) >= 11 is 5.62. The van der Waals surface area contributed by atoms with Gasteiger partial charge in [-0.1, -0.05) is 38.3 Å². The molecule has 0 fully saturated rings. The predicted octanol–water partition coefficient (Wildman–Crippen LogP) is 2.83. The molecule has 0 saturated carbocycles. The highest BCUT2D eigenvalue weighted by Crippen LogP contribution is 2.28. The maximum atomic E-state index is 11.2. The second-order valence-corrected chi connectivity index (χ2v) is 6.34. The monoisotopic (exact) mass is 307 g/mol. The number of unbranched alkanes of at least 4 members (excludes halogenated alkanes) is 1. The molecule has 0 aromatic heterocycles. The Balaban J connectivity index is 0.000000711. The van der Waals surface area contributed by atoms with E-state index >= 15 is 0 Å². The van der Waals surface area contributed by atoms with Crippen molar-refractivity contribution in [1.29, 1.82) is 0 Å². The van der Waals surface area contributed by atoms with Crippen molar-refractivity contribution >= 4 is 33.1 Å². The number of aromatic carboxylic acids is 1. The molecule has 0 aliphatic carbocycles. The summed E-state index contributed by atoms with van der Waals surface area (Å²) in [4.78, 5) is 10.4. The van der Waals surface area contributed by atoms with Crippen LogP contribution in [0.2, 0.25) is 5.02 Å². The Kier molecular flexibility index (Phi) is 6.86. The normalized spacial score (nSPS) is 10.5. The first-order valence-electron chi connectivity index (χ1n) is 5.67. The van der Waals surface area contributed by atoms with E-state index in [0.29, 0.717) is 0 Å². The largest absolute Gasteiger partial charge is 0.478 e. The Labute approximate surface area is 118 Å². The van der Waals surface area contributed by atoms with Crippen molar-refractivity contribution in [2.24, 2.45) is 0 Å². The van der Waals surface area contributed by atoms with Crippen molar-refractivity contribution < 1.29 is 18.3 Å². The van der Waals surface area contributed by atoms with Crippen LogP contribution in [-0.2, 0) is 9.84 Å². The van der Waals surface area contributed by atoms with Crippen LogP contribution in [-0.4, -0.2) is 25.7 Å². The summed E-state index contributed by atoms with van der Waals surface area (Å²) in [5.41, 5.74) is 5.09. The minimum Gasteiger partial charge on any atom is -0.478 e. The van der Waals surface area contributed by atoms with Crippen molar-refractivity contribution in [3.63, 3.8) is 0 Å². The average Bonchev–Trinajstić information content (AvgIpc) is 2.31. The fourth-order valence-electron chi connectivity index (χ4n) is 1.02. The first-order valence-corrected chi connectivity index (χ1v) is 7.94. The predicted molar refractivity (Wildman–Crippen MR) is 76.5 cm³/mol. The average molecular weight is 308 g/mol. The van der Waals surface area contributed by atoms with Crippen LogP contribution in [0.4, 0.5) is 5.69 Å². The summed E-state index contributed by atoms with van der Waals surface area (Å²) < 4.78 is 22.5. The summed E-state index contributed by atoms with van der Waals surface area (Å²) in [6, 6.07) is 2.09. The van der Waals surface area contributed by atoms with Crippen LogP contribution >= 0.6 is 11.6 Å². The van der Waals surface area contributed by atoms with E-state index in [0.717, 1.165) is 18.4 Å². The zero-order valence-corrected chi connectivity index (χ0v) is 12.7. The van der Waals surface area contributed by atoms with Crippen molar-refractivity contribution in [2.75, 3.05) is 12.0 Å². The maximum absolute atomic E-state index is 11.2. The molecule has 0 saturated heterocycles. The van der Waals surface area contributed by atoms with Crippen LogP contribution in [0.1, 0.15) is 37.0 Å². The molecule has 19 heavy (non-hydrogen) atoms. The lowest BCUT2D eigenvalue weighted by Crippen LogP contribution is -2.06. The highest BCUT2D eigenvalue weighted by Gasteiger charge is 2.17. The molecule has 7 heteroatoms. The molecule has 0 aliphatic rings. The molecule has 5 nitrogen and oxygen atoms in total. The van der Waals surface area contributed by atoms with Gasteiger partial charge in [-0.05, 0) is 12.1 Å². The Morgan fingerprint density at radius 2 is 1.79 bits per heavy atom. The van der Waals surface area contributed by atoms with Gasteiger partial charge in [-0.25, -0.2) is 13.2 Å². The fraction of sp³-hybridized carbons (Fsp3) is 0.417. The number of rotatable bonds is 3. The van der Waals surface area contributed by atoms with Crippen molar-refractivity contribution in [3.8, 4) is 0 Å². The van der Waals surface area contributed by atoms with Gasteiger partial charge in [-0.2, -0.15) is 0 Å². The molecule has 1 aromatic carbocycles. The van der Waals surface area contributed by atoms with Crippen LogP contribution in [0.5, 0.6) is 0 Å². The quantitative estimate of drug-likeness (QED) is 0.837. The van der Waals surface area contributed by atoms with Crippen molar-refractivity contribution in [1.82, 2.24) is 0 Å². The minimum atomic E-state index is -3.58. The van der Waals surface area contributed by atoms with E-state index in [2.05, 4.69) is 13.8 Å². The number of nitrogens with two attached hydrogens (primary N) is 1. The molecule has 0 radical (unpaired) electrons. The number of anilines is 1. The Morgan fingerprint density at radius 3 is 2.11 bits per heavy atom. The Morgan fingerprint density at radius 1 is 1.32 bits per heavy atom. The number of carboxylic acid groups (broad SMARTS) is 1. The van der Waals surface area contributed by atoms with E-state index in [4.69, 9.17) is 22.4 Å². The third kappa shape index (κ3) is 5.48. The molecule has 0 bridgehead atoms. The van der Waals surface area contributed by atoms with Crippen LogP contribution in [0, 0.1) is 0 Å². The van der Waals surface area contributed by atoms with E-state index in [1.165, 1.54) is 12.8 Å². The third-order valence-electron chi connectivity index (χ3n) is 2.24. The van der Waals surface area contributed by atoms with E-state index in [9.17, 15) is 13.2 Å². The summed E-state index contributed by atoms with van der Waals surface area (Å²) in [7, 11) is -3.58. The van der Waals surface area contributed by atoms with Gasteiger partial charge in [-0.15, -0.1) is 0 Å². The molecule has 0 heterocycles. The molecule has 0 unspecified atom stereocenters. The lowest BCUT2D eigenvalue weighted by Gasteiger charge is -2.06. The fourth-order valence-corrected chi connectivity index (χ4v) is 2.15. The second kappa shape index (κ2) is 7.35. The molecular formula is C12H18ClNO4S. The topological polar surface area (TPSA) is 97.5 Å². The molecule has 3 N–H and O–H groups in total. The summed E-state index contributed by atoms with van der Waals surface area (Å²) in [6.45, 7) is 4.36. The van der Waals surface area contributed by atoms with Crippen molar-refractivity contribution in [2.45, 2.75) is 31.6 Å². The first kappa shape index (κ1) is 17.7. The molecular weight excluding hydrogens is 290 g/mol. The maximum Gasteiger partial charge on any atom is 0.335 e. The van der Waals surface area contributed by atoms with Gasteiger partial charge in [0.05, 0.1) is 21.2 Å². The third-order valence-corrected chi connectivity index (χ3v) is 3.69. The number of nitrogen functional groups attached to an aromatic ring is 1. The lowest BCUT2D eigenvalue weighted by atomic mass is 10.2. The smallest absolute Gasteiger partial charge is 0.335 e. The van der Waals surface area contributed by atoms with E-state index in [1.807, 2.05) is 0 Å². The van der Waals surface area contributed by atoms with E-state index < -0.39 is 15.8 Å². The number of benzene rings is 1. The highest BCUT2D eigenvalue weighted by atomic mass is 35.5. The van der Waals surface area contributed by atoms with Gasteiger partial charge in [0.1, 0.15) is 0 Å². The van der Waals surface area contributed by atoms with Gasteiger partial charge in [0.25, 0.3) is 0 Å². The molecule has 1 aromatic rings. The summed E-state index contributed by atoms with van der Waals surface area (Å²) in [5, 5.41) is 8.61. The Bertz CT molecular complexity index is 553. The Hall–Kier alpha value is -1.27. The van der Waals surface area contributed by atoms with Gasteiger partial charge in [0.2, 0.25) is 0 Å². The van der Waals surface area contributed by atoms with Gasteiger partial charge in [0.15, 0.2) is 9.84 Å². The van der Waals surface area contributed by atoms with Crippen LogP contribution in [0.3, 0.4) is 0 Å². The van der Waals surface area contributed by atoms with Crippen LogP contribution in [0.25, 0.3) is 0 Å². The highest BCUT2D eigenvalue weighted by molar-refractivity contribution is 7.90. The first-order chi connectivity index (χ1) is 8.65. The van der Waals surface area contributed by atoms with Crippen LogP contribution < -0.4 is 5.73 Å². The van der Waals surface area contributed by atoms with E-state index in [-0.39, 0.29) is 21.2 Å². The molecule has 0 amide bonds. The van der Waals surface area contributed by atoms with Crippen LogP contribution in [0.15, 0.2) is 17.0 Å². The van der Waals surface area contributed by atoms with Crippen molar-refractivity contribution in [3.05, 3.63) is 22.7 Å². The van der Waals surface area contributed by atoms with Gasteiger partial charge in [0, 0.05) is 6.26 Å². The molecule has 1 rings (SSSR count). The summed E-state index contributed by atoms with van der Waals surface area (Å²) in [5.74, 6) is -1.26. The zero-order chi connectivity index (χ0) is 15.2. The van der Waals surface area contributed by atoms with Gasteiger partial charge in [-0.3, -0.25) is 0 Å². The number of halogens is 1. The molecule has 0 atom stereocenters. The molecule has 0 spiro atoms. The molecule has 0 aliphatic heterocycles. The van der Waals surface area contributed by atoms with E-state index in [1.54, 1.807) is 0 Å². The number of carboxylic acids is 1. The zero-order valence-electron chi connectivity index (χ0n) is 11.1. The second-order valence-electron chi connectivity index (χ2n) is 3.95. The minimum absolute atomic E-state index is 0.0877. The number of hydrogen-bond acceptors (Lipinski definition) is 4.